The van der Waals surface area contributed by atoms with Gasteiger partial charge in [0.1, 0.15) is 0 Å². The maximum absolute atomic E-state index is 11.1. The molecule has 0 amide bonds. The quantitative estimate of drug-likeness (QED) is 0.379. The van der Waals surface area contributed by atoms with Gasteiger partial charge in [0.25, 0.3) is 0 Å². The Morgan fingerprint density at radius 2 is 1.09 bits per heavy atom. The van der Waals surface area contributed by atoms with Crippen molar-refractivity contribution < 1.29 is 43.0 Å². The second kappa shape index (κ2) is 6.67. The summed E-state index contributed by atoms with van der Waals surface area (Å²) < 4.78 is 12.9. The summed E-state index contributed by atoms with van der Waals surface area (Å²) in [5.74, 6) is -4.63. The standard InChI is InChI=1S/C9H8O6.C5H6O3/c10-6-2-4(8(12)14-6)1-5-3-7(11)15-9(5)13;1-3-2-4(6)8-5(3)7/h4-5H,1-3H2;3H,2H2,1H3. The van der Waals surface area contributed by atoms with E-state index < -0.39 is 47.7 Å². The molecule has 0 aromatic rings. The van der Waals surface area contributed by atoms with E-state index in [0.29, 0.717) is 0 Å². The minimum atomic E-state index is -0.618. The van der Waals surface area contributed by atoms with Gasteiger partial charge in [0.2, 0.25) is 0 Å². The molecule has 3 aliphatic heterocycles. The third-order valence-corrected chi connectivity index (χ3v) is 3.58. The van der Waals surface area contributed by atoms with Crippen LogP contribution in [0.4, 0.5) is 0 Å². The van der Waals surface area contributed by atoms with Crippen molar-refractivity contribution in [2.75, 3.05) is 0 Å². The van der Waals surface area contributed by atoms with Gasteiger partial charge in [-0.15, -0.1) is 0 Å². The Labute approximate surface area is 130 Å². The predicted molar refractivity (Wildman–Crippen MR) is 67.9 cm³/mol. The fraction of sp³-hybridized carbons (Fsp3) is 0.571. The number of ether oxygens (including phenoxy) is 3. The first-order valence-corrected chi connectivity index (χ1v) is 6.99. The van der Waals surface area contributed by atoms with Crippen molar-refractivity contribution in [3.8, 4) is 0 Å². The average Bonchev–Trinajstić information content (AvgIpc) is 3.02. The van der Waals surface area contributed by atoms with Gasteiger partial charge in [-0.05, 0) is 6.42 Å². The van der Waals surface area contributed by atoms with Crippen LogP contribution in [-0.4, -0.2) is 35.8 Å². The Kier molecular flexibility index (Phi) is 4.87. The molecular weight excluding hydrogens is 312 g/mol. The normalized spacial score (nSPS) is 29.9. The molecular formula is C14H14O9. The molecule has 0 aliphatic carbocycles. The van der Waals surface area contributed by atoms with Crippen molar-refractivity contribution in [3.63, 3.8) is 0 Å². The summed E-state index contributed by atoms with van der Waals surface area (Å²) in [5, 5.41) is 0. The maximum Gasteiger partial charge on any atom is 0.317 e. The number of carbonyl (C=O) groups excluding carboxylic acids is 6. The fourth-order valence-corrected chi connectivity index (χ4v) is 2.33. The van der Waals surface area contributed by atoms with Gasteiger partial charge in [0.15, 0.2) is 0 Å². The molecule has 0 bridgehead atoms. The number of hydrogen-bond donors (Lipinski definition) is 0. The number of hydrogen-bond acceptors (Lipinski definition) is 9. The molecule has 9 nitrogen and oxygen atoms in total. The minimum absolute atomic E-state index is 0.0171. The highest BCUT2D eigenvalue weighted by atomic mass is 16.6. The van der Waals surface area contributed by atoms with E-state index in [1.54, 1.807) is 6.92 Å². The average molecular weight is 326 g/mol. The predicted octanol–water partition coefficient (Wildman–Crippen LogP) is -0.348. The van der Waals surface area contributed by atoms with Crippen molar-refractivity contribution in [1.29, 1.82) is 0 Å². The molecule has 0 N–H and O–H groups in total. The van der Waals surface area contributed by atoms with Gasteiger partial charge in [-0.2, -0.15) is 0 Å². The van der Waals surface area contributed by atoms with E-state index >= 15 is 0 Å². The summed E-state index contributed by atoms with van der Waals surface area (Å²) in [7, 11) is 0. The lowest BCUT2D eigenvalue weighted by atomic mass is 9.92. The van der Waals surface area contributed by atoms with Gasteiger partial charge in [-0.3, -0.25) is 28.8 Å². The molecule has 3 fully saturated rings. The molecule has 0 radical (unpaired) electrons. The topological polar surface area (TPSA) is 130 Å². The van der Waals surface area contributed by atoms with E-state index in [4.69, 9.17) is 0 Å². The maximum atomic E-state index is 11.1. The minimum Gasteiger partial charge on any atom is -0.393 e. The van der Waals surface area contributed by atoms with Crippen LogP contribution in [0.2, 0.25) is 0 Å². The Balaban J connectivity index is 0.000000203. The van der Waals surface area contributed by atoms with Crippen LogP contribution in [0, 0.1) is 17.8 Å². The Morgan fingerprint density at radius 3 is 1.30 bits per heavy atom. The largest absolute Gasteiger partial charge is 0.393 e. The van der Waals surface area contributed by atoms with Gasteiger partial charge >= 0.3 is 35.8 Å². The van der Waals surface area contributed by atoms with Crippen LogP contribution in [0.5, 0.6) is 0 Å². The summed E-state index contributed by atoms with van der Waals surface area (Å²) in [5.41, 5.74) is 0. The second-order valence-electron chi connectivity index (χ2n) is 5.52. The highest BCUT2D eigenvalue weighted by Gasteiger charge is 2.41. The first kappa shape index (κ1) is 16.8. The van der Waals surface area contributed by atoms with Gasteiger partial charge in [0, 0.05) is 0 Å². The SMILES string of the molecule is CC1CC(=O)OC1=O.O=C1CC(CC2CC(=O)OC2=O)C(=O)O1. The number of rotatable bonds is 2. The summed E-state index contributed by atoms with van der Waals surface area (Å²) in [6.07, 6.45) is 0.363. The summed E-state index contributed by atoms with van der Waals surface area (Å²) in [4.78, 5) is 64.2. The van der Waals surface area contributed by atoms with Crippen LogP contribution in [-0.2, 0) is 43.0 Å². The van der Waals surface area contributed by atoms with Crippen molar-refractivity contribution >= 4 is 35.8 Å². The molecule has 9 heteroatoms. The third kappa shape index (κ3) is 4.21. The molecule has 0 saturated carbocycles. The third-order valence-electron chi connectivity index (χ3n) is 3.58. The molecule has 3 rings (SSSR count). The van der Waals surface area contributed by atoms with Crippen molar-refractivity contribution in [2.24, 2.45) is 17.8 Å². The molecule has 3 saturated heterocycles. The molecule has 3 aliphatic rings. The van der Waals surface area contributed by atoms with Crippen molar-refractivity contribution in [1.82, 2.24) is 0 Å². The molecule has 23 heavy (non-hydrogen) atoms. The lowest BCUT2D eigenvalue weighted by Gasteiger charge is -2.06. The molecule has 0 spiro atoms. The van der Waals surface area contributed by atoms with Crippen LogP contribution in [0.3, 0.4) is 0 Å². The zero-order chi connectivity index (χ0) is 17.1. The van der Waals surface area contributed by atoms with Crippen LogP contribution in [0.1, 0.15) is 32.6 Å². The lowest BCUT2D eigenvalue weighted by Crippen LogP contribution is -2.16. The zero-order valence-corrected chi connectivity index (χ0v) is 12.2. The van der Waals surface area contributed by atoms with E-state index in [2.05, 4.69) is 14.2 Å². The van der Waals surface area contributed by atoms with E-state index in [1.807, 2.05) is 0 Å². The van der Waals surface area contributed by atoms with E-state index in [9.17, 15) is 28.8 Å². The molecule has 3 atom stereocenters. The summed E-state index contributed by atoms with van der Waals surface area (Å²) in [6.45, 7) is 1.67. The first-order valence-electron chi connectivity index (χ1n) is 6.99. The van der Waals surface area contributed by atoms with Gasteiger partial charge in [-0.1, -0.05) is 6.92 Å². The molecule has 124 valence electrons. The van der Waals surface area contributed by atoms with E-state index in [0.717, 1.165) is 0 Å². The highest BCUT2D eigenvalue weighted by molar-refractivity contribution is 5.97. The summed E-state index contributed by atoms with van der Waals surface area (Å²) >= 11 is 0. The van der Waals surface area contributed by atoms with Gasteiger partial charge < -0.3 is 14.2 Å². The van der Waals surface area contributed by atoms with Crippen molar-refractivity contribution in [3.05, 3.63) is 0 Å². The number of cyclic esters (lactones) is 6. The summed E-state index contributed by atoms with van der Waals surface area (Å²) in [6, 6.07) is 0. The molecule has 0 aromatic heterocycles. The van der Waals surface area contributed by atoms with Gasteiger partial charge in [0.05, 0.1) is 37.0 Å². The highest BCUT2D eigenvalue weighted by Crippen LogP contribution is 2.29. The van der Waals surface area contributed by atoms with Crippen LogP contribution in [0.25, 0.3) is 0 Å². The molecule has 0 aromatic carbocycles. The molecule has 3 unspecified atom stereocenters. The van der Waals surface area contributed by atoms with Crippen LogP contribution < -0.4 is 0 Å². The number of carbonyl (C=O) groups is 6. The smallest absolute Gasteiger partial charge is 0.317 e. The van der Waals surface area contributed by atoms with E-state index in [-0.39, 0.29) is 31.6 Å². The van der Waals surface area contributed by atoms with Gasteiger partial charge in [-0.25, -0.2) is 0 Å². The lowest BCUT2D eigenvalue weighted by molar-refractivity contribution is -0.155. The van der Waals surface area contributed by atoms with Crippen molar-refractivity contribution in [2.45, 2.75) is 32.6 Å². The monoisotopic (exact) mass is 326 g/mol. The Bertz CT molecular complexity index is 557. The Hall–Kier alpha value is -2.58. The first-order chi connectivity index (χ1) is 10.8. The number of esters is 6. The fourth-order valence-electron chi connectivity index (χ4n) is 2.33. The zero-order valence-electron chi connectivity index (χ0n) is 12.2. The Morgan fingerprint density at radius 1 is 0.696 bits per heavy atom. The molecule has 3 heterocycles. The van der Waals surface area contributed by atoms with Crippen LogP contribution >= 0.6 is 0 Å². The van der Waals surface area contributed by atoms with E-state index in [1.165, 1.54) is 0 Å². The second-order valence-corrected chi connectivity index (χ2v) is 5.52. The van der Waals surface area contributed by atoms with Crippen LogP contribution in [0.15, 0.2) is 0 Å².